The first-order chi connectivity index (χ1) is 31.8. The Kier molecular flexibility index (Phi) is 15.6. The van der Waals surface area contributed by atoms with E-state index in [0.717, 1.165) is 38.5 Å². The summed E-state index contributed by atoms with van der Waals surface area (Å²) in [6.45, 7) is 13.1. The number of unbranched alkanes of at least 4 members (excludes halogenated alkanes) is 4. The van der Waals surface area contributed by atoms with Crippen LogP contribution in [0.4, 0.5) is 0 Å². The van der Waals surface area contributed by atoms with Gasteiger partial charge in [-0.1, -0.05) is 77.6 Å². The number of cyclic esters (lactones) is 1. The maximum absolute atomic E-state index is 15.7. The molecule has 6 fully saturated rings. The third-order valence-electron chi connectivity index (χ3n) is 14.0. The molecule has 9 atom stereocenters. The fourth-order valence-corrected chi connectivity index (χ4v) is 10.7. The van der Waals surface area contributed by atoms with E-state index >= 15 is 4.79 Å². The van der Waals surface area contributed by atoms with Crippen molar-refractivity contribution in [1.29, 1.82) is 0 Å². The van der Waals surface area contributed by atoms with Crippen LogP contribution in [0, 0.1) is 10.8 Å². The van der Waals surface area contributed by atoms with Gasteiger partial charge in [0, 0.05) is 43.7 Å². The van der Waals surface area contributed by atoms with E-state index < -0.39 is 113 Å². The van der Waals surface area contributed by atoms with Crippen LogP contribution in [0.5, 0.6) is 0 Å². The van der Waals surface area contributed by atoms with Crippen molar-refractivity contribution in [3.05, 3.63) is 41.5 Å². The number of hydrogen-bond donors (Lipinski definition) is 2. The van der Waals surface area contributed by atoms with Gasteiger partial charge in [-0.3, -0.25) is 24.0 Å². The monoisotopic (exact) mass is 937 g/mol. The normalized spacial score (nSPS) is 29.9. The van der Waals surface area contributed by atoms with Crippen molar-refractivity contribution in [3.63, 3.8) is 0 Å². The number of carbonyl (C=O) groups is 6. The molecule has 0 unspecified atom stereocenters. The number of amides is 2. The second kappa shape index (κ2) is 20.7. The molecular weight excluding hydrogens is 867 g/mol. The predicted octanol–water partition coefficient (Wildman–Crippen LogP) is 5.23. The van der Waals surface area contributed by atoms with Crippen molar-refractivity contribution < 1.29 is 67.1 Å². The summed E-state index contributed by atoms with van der Waals surface area (Å²) >= 11 is 0. The van der Waals surface area contributed by atoms with Crippen LogP contribution < -0.4 is 5.32 Å². The number of aliphatic hydroxyl groups is 1. The summed E-state index contributed by atoms with van der Waals surface area (Å²) < 4.78 is 36.4. The van der Waals surface area contributed by atoms with E-state index in [9.17, 15) is 29.1 Å². The van der Waals surface area contributed by atoms with Crippen LogP contribution in [0.3, 0.4) is 0 Å². The Hall–Kier alpha value is -4.42. The van der Waals surface area contributed by atoms with Crippen molar-refractivity contribution in [3.8, 4) is 0 Å². The smallest absolute Gasteiger partial charge is 0.348 e. The fourth-order valence-electron chi connectivity index (χ4n) is 10.7. The van der Waals surface area contributed by atoms with E-state index in [1.807, 2.05) is 12.1 Å². The van der Waals surface area contributed by atoms with Crippen molar-refractivity contribution in [2.75, 3.05) is 19.8 Å². The number of aliphatic hydroxyl groups excluding tert-OH is 1. The first kappa shape index (κ1) is 50.5. The van der Waals surface area contributed by atoms with Gasteiger partial charge < -0.3 is 43.7 Å². The zero-order chi connectivity index (χ0) is 48.3. The molecule has 1 aromatic carbocycles. The summed E-state index contributed by atoms with van der Waals surface area (Å²) in [6.07, 6.45) is 6.32. The number of carbonyl (C=O) groups excluding carboxylic acids is 6. The van der Waals surface area contributed by atoms with E-state index in [-0.39, 0.29) is 39.0 Å². The highest BCUT2D eigenvalue weighted by Gasteiger charge is 2.77. The maximum Gasteiger partial charge on any atom is 0.348 e. The van der Waals surface area contributed by atoms with Crippen LogP contribution in [0.1, 0.15) is 143 Å². The highest BCUT2D eigenvalue weighted by Crippen LogP contribution is 2.59. The average Bonchev–Trinajstić information content (AvgIpc) is 4.05. The third kappa shape index (κ3) is 10.8. The predicted molar refractivity (Wildman–Crippen MR) is 241 cm³/mol. The summed E-state index contributed by atoms with van der Waals surface area (Å²) in [5.74, 6) is -4.34. The Balaban J connectivity index is 1.19. The molecule has 7 rings (SSSR count). The number of hydroxylamine groups is 2. The summed E-state index contributed by atoms with van der Waals surface area (Å²) in [6, 6.07) is 4.28. The molecule has 67 heavy (non-hydrogen) atoms. The largest absolute Gasteiger partial charge is 0.462 e. The number of esters is 4. The van der Waals surface area contributed by atoms with Crippen molar-refractivity contribution >= 4 is 41.8 Å². The molecule has 0 radical (unpaired) electrons. The Morgan fingerprint density at radius 1 is 0.985 bits per heavy atom. The lowest BCUT2D eigenvalue weighted by atomic mass is 9.62. The summed E-state index contributed by atoms with van der Waals surface area (Å²) in [5.41, 5.74) is -1.69. The molecule has 5 aliphatic heterocycles. The van der Waals surface area contributed by atoms with Crippen LogP contribution in [-0.4, -0.2) is 131 Å². The molecule has 1 saturated carbocycles. The number of nitrogens with zero attached hydrogens (tertiary/aromatic N) is 2. The van der Waals surface area contributed by atoms with E-state index in [1.54, 1.807) is 52.8 Å². The van der Waals surface area contributed by atoms with Crippen molar-refractivity contribution in [2.24, 2.45) is 10.8 Å². The molecule has 0 spiro atoms. The third-order valence-corrected chi connectivity index (χ3v) is 14.0. The topological polar surface area (TPSA) is 206 Å². The molecule has 17 nitrogen and oxygen atoms in total. The molecule has 17 heteroatoms. The minimum Gasteiger partial charge on any atom is -0.462 e. The molecule has 2 bridgehead atoms. The van der Waals surface area contributed by atoms with Gasteiger partial charge in [0.05, 0.1) is 19.2 Å². The Labute approximate surface area is 393 Å². The number of rotatable bonds is 20. The van der Waals surface area contributed by atoms with Gasteiger partial charge in [0.15, 0.2) is 11.8 Å². The number of nitrogens with one attached hydrogen (secondary N) is 1. The molecule has 2 amide bonds. The van der Waals surface area contributed by atoms with Gasteiger partial charge >= 0.3 is 23.9 Å². The zero-order valence-electron chi connectivity index (χ0n) is 40.3. The number of hydrogen-bond acceptors (Lipinski definition) is 15. The lowest BCUT2D eigenvalue weighted by Crippen LogP contribution is -2.70. The minimum atomic E-state index is -1.55. The van der Waals surface area contributed by atoms with Gasteiger partial charge in [0.25, 0.3) is 0 Å². The van der Waals surface area contributed by atoms with Crippen LogP contribution >= 0.6 is 0 Å². The lowest BCUT2D eigenvalue weighted by Gasteiger charge is -2.50. The lowest BCUT2D eigenvalue weighted by molar-refractivity contribution is -0.225. The Morgan fingerprint density at radius 2 is 1.69 bits per heavy atom. The first-order valence-corrected chi connectivity index (χ1v) is 24.4. The molecule has 5 heterocycles. The molecule has 2 N–H and O–H groups in total. The summed E-state index contributed by atoms with van der Waals surface area (Å²) in [7, 11) is 0. The molecule has 0 aromatic heterocycles. The van der Waals surface area contributed by atoms with Gasteiger partial charge in [0.2, 0.25) is 17.9 Å². The molecule has 1 aliphatic carbocycles. The van der Waals surface area contributed by atoms with Gasteiger partial charge in [-0.25, -0.2) is 9.59 Å². The number of fused-ring (bicyclic) bond motifs is 4. The quantitative estimate of drug-likeness (QED) is 0.0744. The van der Waals surface area contributed by atoms with Crippen molar-refractivity contribution in [2.45, 2.75) is 199 Å². The van der Waals surface area contributed by atoms with E-state index in [1.165, 1.54) is 16.0 Å². The molecule has 370 valence electrons. The Morgan fingerprint density at radius 3 is 2.34 bits per heavy atom. The number of likely N-dealkylation sites (tertiary alicyclic amines) is 1. The zero-order valence-corrected chi connectivity index (χ0v) is 40.3. The van der Waals surface area contributed by atoms with Gasteiger partial charge in [-0.2, -0.15) is 5.06 Å². The van der Waals surface area contributed by atoms with E-state index in [4.69, 9.17) is 33.3 Å². The highest BCUT2D eigenvalue weighted by molar-refractivity contribution is 5.97. The van der Waals surface area contributed by atoms with Crippen LogP contribution in [0.15, 0.2) is 30.3 Å². The van der Waals surface area contributed by atoms with Crippen LogP contribution in [0.25, 0.3) is 6.08 Å². The van der Waals surface area contributed by atoms with Crippen LogP contribution in [-0.2, 0) is 68.6 Å². The van der Waals surface area contributed by atoms with Crippen molar-refractivity contribution in [1.82, 2.24) is 15.3 Å². The second-order valence-electron chi connectivity index (χ2n) is 20.8. The van der Waals surface area contributed by atoms with Gasteiger partial charge in [-0.15, -0.1) is 0 Å². The van der Waals surface area contributed by atoms with Gasteiger partial charge in [0.1, 0.15) is 48.1 Å². The maximum atomic E-state index is 15.7. The number of ether oxygens (including phenoxy) is 6. The molecule has 1 aromatic rings. The standard InChI is InChI=1S/C50H71N3O14/c1-8-10-14-24-49(25-15-11-9-2)65-38-35-27-50(46(60)52-26-16-19-34(52)43(57)51-33(29-54)21-23-37(56)64-47(3,4)5)40(44(58)62-35)53(67-41(50)39(38)66-49)28-32-18-13-12-17-31(32)20-22-36(55)63-42-45(59)61-30-48(42,6)7/h12-13,17-18,20,22,33-35,38-42,54H,8-11,14-16,19,21,23-30H2,1-7H3,(H,51,57)/t33-,34+,35+,38-,39-,40-,41+,42-,50-/m0/s1. The van der Waals surface area contributed by atoms with E-state index in [2.05, 4.69) is 19.2 Å². The number of benzene rings is 1. The molecule has 5 saturated heterocycles. The van der Waals surface area contributed by atoms with Gasteiger partial charge in [-0.05, 0) is 70.1 Å². The van der Waals surface area contributed by atoms with Crippen LogP contribution in [0.2, 0.25) is 0 Å². The summed E-state index contributed by atoms with van der Waals surface area (Å²) in [4.78, 5) is 90.9. The molecular formula is C50H71N3O14. The first-order valence-electron chi connectivity index (χ1n) is 24.4. The minimum absolute atomic E-state index is 0.0103. The van der Waals surface area contributed by atoms with E-state index in [0.29, 0.717) is 36.8 Å². The fraction of sp³-hybridized carbons (Fsp3) is 0.720. The second-order valence-corrected chi connectivity index (χ2v) is 20.8. The average molecular weight is 938 g/mol. The SMILES string of the molecule is CCCCCC1(CCCCC)O[C@@H]2[C@H](O1)[C@H]1ON(Cc3ccccc3C=CC(=O)O[C@H]3C(=O)OCC3(C)C)[C@H]3C(=O)O[C@@H]2C[C@@]13C(=O)N1CCC[C@@H]1C(=O)N[C@H](CO)CCC(=O)OC(C)(C)C. The highest BCUT2D eigenvalue weighted by atomic mass is 16.8. The molecule has 6 aliphatic rings. The Bertz CT molecular complexity index is 2020. The summed E-state index contributed by atoms with van der Waals surface area (Å²) in [5, 5.41) is 14.6.